The first-order valence-corrected chi connectivity index (χ1v) is 5.82. The highest BCUT2D eigenvalue weighted by Gasteiger charge is 2.13. The van der Waals surface area contributed by atoms with E-state index >= 15 is 0 Å². The molecule has 0 amide bonds. The highest BCUT2D eigenvalue weighted by molar-refractivity contribution is 5.69. The Morgan fingerprint density at radius 2 is 2.22 bits per heavy atom. The van der Waals surface area contributed by atoms with Crippen LogP contribution in [0.5, 0.6) is 5.75 Å². The smallest absolute Gasteiger partial charge is 0.167 e. The van der Waals surface area contributed by atoms with Crippen LogP contribution >= 0.6 is 0 Å². The van der Waals surface area contributed by atoms with Crippen molar-refractivity contribution in [1.29, 1.82) is 5.26 Å². The van der Waals surface area contributed by atoms with Crippen LogP contribution in [0, 0.1) is 23.1 Å². The van der Waals surface area contributed by atoms with E-state index in [4.69, 9.17) is 15.7 Å². The van der Waals surface area contributed by atoms with E-state index in [1.165, 1.54) is 6.07 Å². The van der Waals surface area contributed by atoms with E-state index in [9.17, 15) is 4.39 Å². The number of nitriles is 1. The van der Waals surface area contributed by atoms with Crippen molar-refractivity contribution in [3.8, 4) is 11.8 Å². The molecule has 0 radical (unpaired) electrons. The zero-order valence-electron chi connectivity index (χ0n) is 10.9. The Labute approximate surface area is 107 Å². The van der Waals surface area contributed by atoms with Crippen molar-refractivity contribution < 1.29 is 9.13 Å². The highest BCUT2D eigenvalue weighted by Crippen LogP contribution is 2.30. The molecular weight excluding hydrogens is 233 g/mol. The number of anilines is 2. The van der Waals surface area contributed by atoms with Crippen molar-refractivity contribution >= 4 is 11.4 Å². The maximum Gasteiger partial charge on any atom is 0.167 e. The van der Waals surface area contributed by atoms with Crippen LogP contribution in [0.3, 0.4) is 0 Å². The Morgan fingerprint density at radius 1 is 1.56 bits per heavy atom. The fourth-order valence-corrected chi connectivity index (χ4v) is 1.70. The molecule has 98 valence electrons. The highest BCUT2D eigenvalue weighted by atomic mass is 19.1. The van der Waals surface area contributed by atoms with E-state index < -0.39 is 5.82 Å². The first kappa shape index (κ1) is 14.1. The second kappa shape index (κ2) is 6.10. The average molecular weight is 251 g/mol. The average Bonchev–Trinajstić information content (AvgIpc) is 2.32. The van der Waals surface area contributed by atoms with E-state index in [0.29, 0.717) is 24.5 Å². The van der Waals surface area contributed by atoms with Crippen molar-refractivity contribution in [3.63, 3.8) is 0 Å². The van der Waals surface area contributed by atoms with Gasteiger partial charge in [0.2, 0.25) is 0 Å². The molecule has 0 saturated heterocycles. The Hall–Kier alpha value is -1.96. The van der Waals surface area contributed by atoms with Crippen LogP contribution in [0.1, 0.15) is 13.8 Å². The summed E-state index contributed by atoms with van der Waals surface area (Å²) in [7, 11) is 1.81. The summed E-state index contributed by atoms with van der Waals surface area (Å²) in [5, 5.41) is 8.79. The first-order valence-electron chi connectivity index (χ1n) is 5.82. The molecule has 0 aliphatic rings. The lowest BCUT2D eigenvalue weighted by molar-refractivity contribution is 0.322. The first-order chi connectivity index (χ1) is 8.49. The molecule has 0 heterocycles. The van der Waals surface area contributed by atoms with Crippen LogP contribution in [0.4, 0.5) is 15.8 Å². The van der Waals surface area contributed by atoms with Gasteiger partial charge in [-0.2, -0.15) is 5.26 Å². The van der Waals surface area contributed by atoms with Gasteiger partial charge in [0.25, 0.3) is 0 Å². The quantitative estimate of drug-likeness (QED) is 0.816. The van der Waals surface area contributed by atoms with Gasteiger partial charge >= 0.3 is 0 Å². The molecule has 0 aromatic heterocycles. The zero-order chi connectivity index (χ0) is 13.7. The van der Waals surface area contributed by atoms with Gasteiger partial charge < -0.3 is 15.4 Å². The number of nitrogens with two attached hydrogens (primary N) is 1. The Bertz CT molecular complexity index is 456. The van der Waals surface area contributed by atoms with E-state index in [1.54, 1.807) is 13.0 Å². The minimum Gasteiger partial charge on any atom is -0.491 e. The number of benzene rings is 1. The van der Waals surface area contributed by atoms with Crippen molar-refractivity contribution in [3.05, 3.63) is 17.9 Å². The Balaban J connectivity index is 3.01. The summed E-state index contributed by atoms with van der Waals surface area (Å²) in [6.07, 6.45) is 0. The summed E-state index contributed by atoms with van der Waals surface area (Å²) in [6.45, 7) is 4.52. The number of ether oxygens (including phenoxy) is 1. The second-order valence-corrected chi connectivity index (χ2v) is 4.19. The molecule has 4 nitrogen and oxygen atoms in total. The van der Waals surface area contributed by atoms with Crippen LogP contribution in [0.25, 0.3) is 0 Å². The van der Waals surface area contributed by atoms with Gasteiger partial charge in [-0.15, -0.1) is 0 Å². The SMILES string of the molecule is CCOc1cc(N(C)CC(C)C#N)c(N)cc1F. The summed E-state index contributed by atoms with van der Waals surface area (Å²) in [4.78, 5) is 1.82. The van der Waals surface area contributed by atoms with Gasteiger partial charge in [0.1, 0.15) is 0 Å². The third kappa shape index (κ3) is 3.27. The fourth-order valence-electron chi connectivity index (χ4n) is 1.70. The lowest BCUT2D eigenvalue weighted by Gasteiger charge is -2.23. The molecule has 0 spiro atoms. The number of rotatable bonds is 5. The molecular formula is C13H18FN3O. The van der Waals surface area contributed by atoms with Crippen LogP contribution in [-0.4, -0.2) is 20.2 Å². The van der Waals surface area contributed by atoms with Crippen molar-refractivity contribution in [2.45, 2.75) is 13.8 Å². The standard InChI is InChI=1S/C13H18FN3O/c1-4-18-13-6-12(11(16)5-10(13)14)17(3)8-9(2)7-15/h5-6,9H,4,8,16H2,1-3H3. The molecule has 0 aliphatic heterocycles. The summed E-state index contributed by atoms with van der Waals surface area (Å²) in [5.41, 5.74) is 6.79. The largest absolute Gasteiger partial charge is 0.491 e. The van der Waals surface area contributed by atoms with E-state index in [-0.39, 0.29) is 11.7 Å². The summed E-state index contributed by atoms with van der Waals surface area (Å²) in [6, 6.07) is 4.96. The van der Waals surface area contributed by atoms with E-state index in [1.807, 2.05) is 18.9 Å². The third-order valence-corrected chi connectivity index (χ3v) is 2.56. The normalized spacial score (nSPS) is 11.7. The van der Waals surface area contributed by atoms with Crippen LogP contribution in [0.2, 0.25) is 0 Å². The topological polar surface area (TPSA) is 62.3 Å². The molecule has 1 rings (SSSR count). The minimum atomic E-state index is -0.472. The Morgan fingerprint density at radius 3 is 2.78 bits per heavy atom. The molecule has 0 fully saturated rings. The molecule has 2 N–H and O–H groups in total. The lowest BCUT2D eigenvalue weighted by atomic mass is 10.1. The molecule has 18 heavy (non-hydrogen) atoms. The van der Waals surface area contributed by atoms with Crippen LogP contribution < -0.4 is 15.4 Å². The summed E-state index contributed by atoms with van der Waals surface area (Å²) in [5.74, 6) is -0.423. The van der Waals surface area contributed by atoms with Gasteiger partial charge in [-0.05, 0) is 13.8 Å². The van der Waals surface area contributed by atoms with Crippen molar-refractivity contribution in [1.82, 2.24) is 0 Å². The second-order valence-electron chi connectivity index (χ2n) is 4.19. The number of nitrogens with zero attached hydrogens (tertiary/aromatic N) is 2. The van der Waals surface area contributed by atoms with Crippen LogP contribution in [-0.2, 0) is 0 Å². The molecule has 1 aromatic rings. The molecule has 5 heteroatoms. The van der Waals surface area contributed by atoms with Crippen molar-refractivity contribution in [2.75, 3.05) is 30.8 Å². The van der Waals surface area contributed by atoms with E-state index in [0.717, 1.165) is 0 Å². The number of nitrogen functional groups attached to an aromatic ring is 1. The number of hydrogen-bond donors (Lipinski definition) is 1. The molecule has 1 aromatic carbocycles. The maximum absolute atomic E-state index is 13.5. The number of halogens is 1. The minimum absolute atomic E-state index is 0.130. The maximum atomic E-state index is 13.5. The van der Waals surface area contributed by atoms with Gasteiger partial charge in [-0.3, -0.25) is 0 Å². The molecule has 0 bridgehead atoms. The van der Waals surface area contributed by atoms with Crippen LogP contribution in [0.15, 0.2) is 12.1 Å². The van der Waals surface area contributed by atoms with Gasteiger partial charge in [0.15, 0.2) is 11.6 Å². The van der Waals surface area contributed by atoms with Crippen molar-refractivity contribution in [2.24, 2.45) is 5.92 Å². The van der Waals surface area contributed by atoms with Gasteiger partial charge in [-0.1, -0.05) is 0 Å². The fraction of sp³-hybridized carbons (Fsp3) is 0.462. The lowest BCUT2D eigenvalue weighted by Crippen LogP contribution is -2.24. The summed E-state index contributed by atoms with van der Waals surface area (Å²) >= 11 is 0. The number of hydrogen-bond acceptors (Lipinski definition) is 4. The predicted molar refractivity (Wildman–Crippen MR) is 70.0 cm³/mol. The molecule has 0 aliphatic carbocycles. The van der Waals surface area contributed by atoms with Gasteiger partial charge in [0.05, 0.1) is 30.0 Å². The molecule has 1 unspecified atom stereocenters. The predicted octanol–water partition coefficient (Wildman–Crippen LogP) is 2.40. The van der Waals surface area contributed by atoms with Gasteiger partial charge in [0, 0.05) is 25.7 Å². The molecule has 1 atom stereocenters. The third-order valence-electron chi connectivity index (χ3n) is 2.56. The van der Waals surface area contributed by atoms with E-state index in [2.05, 4.69) is 6.07 Å². The molecule has 0 saturated carbocycles. The zero-order valence-corrected chi connectivity index (χ0v) is 10.9. The monoisotopic (exact) mass is 251 g/mol. The Kier molecular flexibility index (Phi) is 4.78. The van der Waals surface area contributed by atoms with Gasteiger partial charge in [-0.25, -0.2) is 4.39 Å². The summed E-state index contributed by atoms with van der Waals surface area (Å²) < 4.78 is 18.7.